The Kier molecular flexibility index (Phi) is 53.8. The average molecular weight is 950 g/mol. The Hall–Kier alpha value is -3.15. The van der Waals surface area contributed by atoms with Gasteiger partial charge in [-0.1, -0.05) is 248 Å². The van der Waals surface area contributed by atoms with Gasteiger partial charge < -0.3 is 14.2 Å². The van der Waals surface area contributed by atoms with Crippen LogP contribution >= 0.6 is 0 Å². The summed E-state index contributed by atoms with van der Waals surface area (Å²) in [6.45, 7) is 6.49. The van der Waals surface area contributed by atoms with Gasteiger partial charge in [-0.25, -0.2) is 0 Å². The Balaban J connectivity index is 4.19. The van der Waals surface area contributed by atoms with Crippen LogP contribution in [0.4, 0.5) is 0 Å². The van der Waals surface area contributed by atoms with Crippen LogP contribution in [0.15, 0.2) is 72.9 Å². The quantitative estimate of drug-likeness (QED) is 0.0262. The molecule has 0 aromatic heterocycles. The normalized spacial score (nSPS) is 12.6. The molecule has 0 aliphatic carbocycles. The SMILES string of the molecule is CC/C=C\C/C=C\C/C=C\C/C=C\C/C=C\CCCCCCCCCCCC(=O)OCC(COC(=O)CCCCCCCCC)OC(=O)CCCCCCCCC/C=C\CCCCCCCCC. The minimum Gasteiger partial charge on any atom is -0.462 e. The number of allylic oxidation sites excluding steroid dienone is 12. The number of hydrogen-bond acceptors (Lipinski definition) is 6. The lowest BCUT2D eigenvalue weighted by Gasteiger charge is -2.18. The summed E-state index contributed by atoms with van der Waals surface area (Å²) in [5.74, 6) is -0.887. The van der Waals surface area contributed by atoms with Gasteiger partial charge in [-0.2, -0.15) is 0 Å². The van der Waals surface area contributed by atoms with Crippen LogP contribution in [-0.2, 0) is 28.6 Å². The van der Waals surface area contributed by atoms with Gasteiger partial charge in [0.15, 0.2) is 6.10 Å². The fourth-order valence-corrected chi connectivity index (χ4v) is 8.11. The van der Waals surface area contributed by atoms with Crippen LogP contribution in [0.2, 0.25) is 0 Å². The molecule has 0 aliphatic heterocycles. The summed E-state index contributed by atoms with van der Waals surface area (Å²) in [5.41, 5.74) is 0. The van der Waals surface area contributed by atoms with E-state index in [2.05, 4.69) is 93.7 Å². The van der Waals surface area contributed by atoms with E-state index < -0.39 is 6.10 Å². The second-order valence-corrected chi connectivity index (χ2v) is 19.2. The van der Waals surface area contributed by atoms with Gasteiger partial charge in [0, 0.05) is 19.3 Å². The molecule has 1 unspecified atom stereocenters. The average Bonchev–Trinajstić information content (AvgIpc) is 3.34. The first-order chi connectivity index (χ1) is 33.5. The fourth-order valence-electron chi connectivity index (χ4n) is 8.11. The third-order valence-corrected chi connectivity index (χ3v) is 12.4. The summed E-state index contributed by atoms with van der Waals surface area (Å²) in [6, 6.07) is 0. The molecule has 0 radical (unpaired) electrons. The largest absolute Gasteiger partial charge is 0.462 e. The van der Waals surface area contributed by atoms with Crippen molar-refractivity contribution in [3.05, 3.63) is 72.9 Å². The van der Waals surface area contributed by atoms with E-state index in [0.717, 1.165) is 96.3 Å². The highest BCUT2D eigenvalue weighted by molar-refractivity contribution is 5.71. The summed E-state index contributed by atoms with van der Waals surface area (Å²) < 4.78 is 16.8. The lowest BCUT2D eigenvalue weighted by Crippen LogP contribution is -2.30. The molecule has 0 amide bonds. The zero-order valence-electron chi connectivity index (χ0n) is 44.9. The maximum absolute atomic E-state index is 12.8. The van der Waals surface area contributed by atoms with Gasteiger partial charge in [0.25, 0.3) is 0 Å². The van der Waals surface area contributed by atoms with Crippen molar-refractivity contribution in [3.63, 3.8) is 0 Å². The van der Waals surface area contributed by atoms with E-state index in [1.54, 1.807) is 0 Å². The van der Waals surface area contributed by atoms with Crippen molar-refractivity contribution in [2.75, 3.05) is 13.2 Å². The summed E-state index contributed by atoms with van der Waals surface area (Å²) in [6.07, 6.45) is 72.0. The Morgan fingerprint density at radius 1 is 0.309 bits per heavy atom. The molecule has 0 aromatic rings. The number of hydrogen-bond donors (Lipinski definition) is 0. The molecule has 6 nitrogen and oxygen atoms in total. The Morgan fingerprint density at radius 3 is 0.912 bits per heavy atom. The van der Waals surface area contributed by atoms with Crippen molar-refractivity contribution in [1.29, 1.82) is 0 Å². The highest BCUT2D eigenvalue weighted by Crippen LogP contribution is 2.15. The van der Waals surface area contributed by atoms with Gasteiger partial charge >= 0.3 is 17.9 Å². The Labute approximate surface area is 421 Å². The fraction of sp³-hybridized carbons (Fsp3) is 0.758. The third kappa shape index (κ3) is 53.8. The summed E-state index contributed by atoms with van der Waals surface area (Å²) in [5, 5.41) is 0. The molecule has 0 N–H and O–H groups in total. The van der Waals surface area contributed by atoms with Crippen molar-refractivity contribution in [2.45, 2.75) is 290 Å². The van der Waals surface area contributed by atoms with Gasteiger partial charge in [-0.3, -0.25) is 14.4 Å². The number of carbonyl (C=O) groups excluding carboxylic acids is 3. The first-order valence-electron chi connectivity index (χ1n) is 28.9. The molecule has 0 saturated carbocycles. The first kappa shape index (κ1) is 64.8. The zero-order valence-corrected chi connectivity index (χ0v) is 44.9. The monoisotopic (exact) mass is 949 g/mol. The van der Waals surface area contributed by atoms with Gasteiger partial charge in [0.05, 0.1) is 0 Å². The van der Waals surface area contributed by atoms with E-state index in [1.165, 1.54) is 148 Å². The summed E-state index contributed by atoms with van der Waals surface area (Å²) in [4.78, 5) is 38.0. The Morgan fingerprint density at radius 2 is 0.574 bits per heavy atom. The topological polar surface area (TPSA) is 78.9 Å². The van der Waals surface area contributed by atoms with Crippen LogP contribution in [-0.4, -0.2) is 37.2 Å². The van der Waals surface area contributed by atoms with Crippen molar-refractivity contribution in [3.8, 4) is 0 Å². The maximum atomic E-state index is 12.8. The molecule has 392 valence electrons. The minimum absolute atomic E-state index is 0.0773. The van der Waals surface area contributed by atoms with E-state index in [1.807, 2.05) is 0 Å². The molecule has 0 rings (SSSR count). The van der Waals surface area contributed by atoms with Crippen molar-refractivity contribution in [1.82, 2.24) is 0 Å². The van der Waals surface area contributed by atoms with Crippen molar-refractivity contribution >= 4 is 17.9 Å². The van der Waals surface area contributed by atoms with Crippen LogP contribution in [0.25, 0.3) is 0 Å². The third-order valence-electron chi connectivity index (χ3n) is 12.4. The highest BCUT2D eigenvalue weighted by Gasteiger charge is 2.19. The van der Waals surface area contributed by atoms with Gasteiger partial charge in [0.1, 0.15) is 13.2 Å². The highest BCUT2D eigenvalue weighted by atomic mass is 16.6. The Bertz CT molecular complexity index is 1270. The molecule has 0 aromatic carbocycles. The van der Waals surface area contributed by atoms with Gasteiger partial charge in [0.2, 0.25) is 0 Å². The molecule has 0 fully saturated rings. The molecule has 1 atom stereocenters. The van der Waals surface area contributed by atoms with Crippen LogP contribution in [0.3, 0.4) is 0 Å². The van der Waals surface area contributed by atoms with E-state index in [4.69, 9.17) is 14.2 Å². The zero-order chi connectivity index (χ0) is 49.3. The molecular weight excluding hydrogens is 841 g/mol. The van der Waals surface area contributed by atoms with Crippen molar-refractivity contribution < 1.29 is 28.6 Å². The predicted molar refractivity (Wildman–Crippen MR) is 293 cm³/mol. The molecule has 0 bridgehead atoms. The van der Waals surface area contributed by atoms with E-state index >= 15 is 0 Å². The second-order valence-electron chi connectivity index (χ2n) is 19.2. The van der Waals surface area contributed by atoms with Crippen LogP contribution in [0.1, 0.15) is 284 Å². The summed E-state index contributed by atoms with van der Waals surface area (Å²) >= 11 is 0. The number of ether oxygens (including phenoxy) is 3. The molecule has 6 heteroatoms. The van der Waals surface area contributed by atoms with Crippen molar-refractivity contribution in [2.24, 2.45) is 0 Å². The van der Waals surface area contributed by atoms with E-state index in [9.17, 15) is 14.4 Å². The molecule has 0 aliphatic rings. The lowest BCUT2D eigenvalue weighted by molar-refractivity contribution is -0.167. The second kappa shape index (κ2) is 56.4. The van der Waals surface area contributed by atoms with E-state index in [-0.39, 0.29) is 31.1 Å². The van der Waals surface area contributed by atoms with Crippen LogP contribution in [0.5, 0.6) is 0 Å². The van der Waals surface area contributed by atoms with Gasteiger partial charge in [-0.05, 0) is 89.9 Å². The predicted octanol–water partition coefficient (Wildman–Crippen LogP) is 19.4. The standard InChI is InChI=1S/C62H108O6/c1-4-7-10-13-16-18-20-22-24-26-28-29-30-31-32-33-34-36-37-39-41-43-46-49-52-55-61(64)67-58-59(57-66-60(63)54-51-48-45-15-12-9-6-3)68-62(65)56-53-50-47-44-42-40-38-35-27-25-23-21-19-17-14-11-8-5-2/h7,10,16,18,22,24-25,27-29,31-32,59H,4-6,8-9,11-15,17,19-21,23,26,30,33-58H2,1-3H3/b10-7-,18-16-,24-22-,27-25-,29-28-,32-31-. The van der Waals surface area contributed by atoms with Crippen LogP contribution in [0, 0.1) is 0 Å². The maximum Gasteiger partial charge on any atom is 0.306 e. The first-order valence-corrected chi connectivity index (χ1v) is 28.9. The summed E-state index contributed by atoms with van der Waals surface area (Å²) in [7, 11) is 0. The molecule has 68 heavy (non-hydrogen) atoms. The molecule has 0 saturated heterocycles. The molecule has 0 spiro atoms. The lowest BCUT2D eigenvalue weighted by atomic mass is 10.1. The number of unbranched alkanes of at least 4 members (excludes halogenated alkanes) is 29. The number of esters is 3. The van der Waals surface area contributed by atoms with Gasteiger partial charge in [-0.15, -0.1) is 0 Å². The number of rotatable bonds is 52. The molecular formula is C62H108O6. The smallest absolute Gasteiger partial charge is 0.306 e. The van der Waals surface area contributed by atoms with E-state index in [0.29, 0.717) is 19.3 Å². The number of carbonyl (C=O) groups is 3. The minimum atomic E-state index is -0.777. The molecule has 0 heterocycles. The van der Waals surface area contributed by atoms with Crippen LogP contribution < -0.4 is 0 Å².